The van der Waals surface area contributed by atoms with Crippen LogP contribution in [0.4, 0.5) is 11.5 Å². The molecule has 0 bridgehead atoms. The number of amides is 3. The van der Waals surface area contributed by atoms with Gasteiger partial charge in [-0.15, -0.1) is 0 Å². The van der Waals surface area contributed by atoms with E-state index in [2.05, 4.69) is 21.4 Å². The number of benzene rings is 1. The van der Waals surface area contributed by atoms with Crippen molar-refractivity contribution >= 4 is 34.8 Å². The maximum absolute atomic E-state index is 12.6. The summed E-state index contributed by atoms with van der Waals surface area (Å²) in [6, 6.07) is 5.74. The lowest BCUT2D eigenvalue weighted by molar-refractivity contribution is -0.146. The second kappa shape index (κ2) is 8.14. The number of nitrogens with one attached hydrogen (secondary N) is 2. The third-order valence-corrected chi connectivity index (χ3v) is 5.80. The van der Waals surface area contributed by atoms with E-state index < -0.39 is 0 Å². The van der Waals surface area contributed by atoms with Crippen molar-refractivity contribution in [1.29, 1.82) is 0 Å². The van der Waals surface area contributed by atoms with E-state index in [0.29, 0.717) is 24.3 Å². The first-order valence-corrected chi connectivity index (χ1v) is 10.2. The molecule has 0 atom stereocenters. The van der Waals surface area contributed by atoms with E-state index in [0.717, 1.165) is 36.8 Å². The number of H-pyrrole nitrogens is 1. The Morgan fingerprint density at radius 3 is 2.63 bits per heavy atom. The molecule has 1 aliphatic carbocycles. The number of piperidine rings is 1. The molecule has 1 saturated heterocycles. The van der Waals surface area contributed by atoms with Gasteiger partial charge in [-0.1, -0.05) is 12.1 Å². The Hall–Kier alpha value is -3.42. The Morgan fingerprint density at radius 1 is 1.23 bits per heavy atom. The van der Waals surface area contributed by atoms with Crippen LogP contribution in [0.2, 0.25) is 0 Å². The van der Waals surface area contributed by atoms with E-state index in [9.17, 15) is 14.4 Å². The lowest BCUT2D eigenvalue weighted by Crippen LogP contribution is -2.39. The van der Waals surface area contributed by atoms with Crippen LogP contribution in [0.15, 0.2) is 30.5 Å². The van der Waals surface area contributed by atoms with Gasteiger partial charge in [0.2, 0.25) is 11.8 Å². The predicted molar refractivity (Wildman–Crippen MR) is 114 cm³/mol. The number of nitrogens with zero attached hydrogens (tertiary/aromatic N) is 2. The molecule has 1 fully saturated rings. The number of hydrogen-bond acceptors (Lipinski definition) is 5. The van der Waals surface area contributed by atoms with Crippen molar-refractivity contribution in [2.45, 2.75) is 44.4 Å². The molecular formula is C22H25N5O3. The number of aromatic nitrogens is 2. The molecule has 4 N–H and O–H groups in total. The quantitative estimate of drug-likeness (QED) is 0.673. The normalized spacial score (nSPS) is 17.8. The van der Waals surface area contributed by atoms with Crippen molar-refractivity contribution in [3.8, 4) is 0 Å². The summed E-state index contributed by atoms with van der Waals surface area (Å²) >= 11 is 0. The van der Waals surface area contributed by atoms with Crippen LogP contribution in [0.3, 0.4) is 0 Å². The highest BCUT2D eigenvalue weighted by molar-refractivity contribution is 6.03. The Balaban J connectivity index is 1.66. The molecule has 1 aliphatic heterocycles. The molecule has 0 spiro atoms. The molecule has 1 aromatic carbocycles. The van der Waals surface area contributed by atoms with Crippen LogP contribution in [-0.2, 0) is 9.59 Å². The van der Waals surface area contributed by atoms with E-state index >= 15 is 0 Å². The molecule has 2 aromatic rings. The van der Waals surface area contributed by atoms with Crippen molar-refractivity contribution in [3.05, 3.63) is 47.4 Å². The molecule has 4 rings (SSSR count). The Morgan fingerprint density at radius 2 is 2.00 bits per heavy atom. The first kappa shape index (κ1) is 19.9. The van der Waals surface area contributed by atoms with Crippen molar-refractivity contribution in [2.24, 2.45) is 0 Å². The molecule has 156 valence electrons. The zero-order valence-electron chi connectivity index (χ0n) is 16.9. The number of carbonyl (C=O) groups excluding carboxylic acids is 3. The van der Waals surface area contributed by atoms with E-state index in [4.69, 9.17) is 5.73 Å². The van der Waals surface area contributed by atoms with E-state index in [1.807, 2.05) is 18.2 Å². The van der Waals surface area contributed by atoms with Crippen LogP contribution in [0.5, 0.6) is 0 Å². The minimum atomic E-state index is -0.373. The fourth-order valence-corrected chi connectivity index (χ4v) is 4.05. The summed E-state index contributed by atoms with van der Waals surface area (Å²) in [6.45, 7) is 0. The van der Waals surface area contributed by atoms with Crippen molar-refractivity contribution < 1.29 is 14.4 Å². The van der Waals surface area contributed by atoms with Gasteiger partial charge in [-0.25, -0.2) is 4.98 Å². The topological polar surface area (TPSA) is 121 Å². The fourth-order valence-electron chi connectivity index (χ4n) is 4.05. The average Bonchev–Trinajstić information content (AvgIpc) is 3.19. The lowest BCUT2D eigenvalue weighted by atomic mass is 9.85. The number of aromatic amines is 1. The summed E-state index contributed by atoms with van der Waals surface area (Å²) in [5.74, 6) is -0.389. The number of nitrogens with two attached hydrogens (primary N) is 1. The van der Waals surface area contributed by atoms with E-state index in [1.54, 1.807) is 0 Å². The van der Waals surface area contributed by atoms with Gasteiger partial charge in [-0.05, 0) is 49.0 Å². The zero-order valence-corrected chi connectivity index (χ0v) is 16.9. The predicted octanol–water partition coefficient (Wildman–Crippen LogP) is 3.06. The summed E-state index contributed by atoms with van der Waals surface area (Å²) < 4.78 is 0. The number of carbonyl (C=O) groups is 3. The number of rotatable bonds is 4. The van der Waals surface area contributed by atoms with Gasteiger partial charge >= 0.3 is 0 Å². The molecular weight excluding hydrogens is 382 g/mol. The minimum Gasteiger partial charge on any atom is -0.384 e. The number of likely N-dealkylation sites (tertiary alicyclic amines) is 1. The summed E-state index contributed by atoms with van der Waals surface area (Å²) in [5, 5.41) is 2.92. The maximum Gasteiger partial charge on any atom is 0.291 e. The summed E-state index contributed by atoms with van der Waals surface area (Å²) in [4.78, 5) is 44.8. The lowest BCUT2D eigenvalue weighted by Gasteiger charge is -2.28. The number of allylic oxidation sites excluding steroid dienone is 2. The first-order chi connectivity index (χ1) is 14.4. The van der Waals surface area contributed by atoms with Crippen molar-refractivity contribution in [3.63, 3.8) is 0 Å². The summed E-state index contributed by atoms with van der Waals surface area (Å²) in [6.07, 6.45) is 8.36. The number of hydrogen-bond donors (Lipinski definition) is 3. The van der Waals surface area contributed by atoms with Crippen LogP contribution < -0.4 is 11.1 Å². The Bertz CT molecular complexity index is 1020. The maximum atomic E-state index is 12.6. The Labute approximate surface area is 174 Å². The molecule has 2 heterocycles. The highest BCUT2D eigenvalue weighted by atomic mass is 16.2. The highest BCUT2D eigenvalue weighted by Crippen LogP contribution is 2.36. The molecule has 3 amide bonds. The summed E-state index contributed by atoms with van der Waals surface area (Å²) in [7, 11) is 1.53. The molecule has 8 heteroatoms. The monoisotopic (exact) mass is 407 g/mol. The van der Waals surface area contributed by atoms with Crippen LogP contribution in [0, 0.1) is 0 Å². The van der Waals surface area contributed by atoms with Crippen LogP contribution >= 0.6 is 0 Å². The van der Waals surface area contributed by atoms with E-state index in [-0.39, 0.29) is 29.5 Å². The van der Waals surface area contributed by atoms with Gasteiger partial charge in [0.25, 0.3) is 5.91 Å². The second-order valence-electron chi connectivity index (χ2n) is 7.87. The molecule has 0 radical (unpaired) electrons. The third kappa shape index (κ3) is 3.98. The smallest absolute Gasteiger partial charge is 0.291 e. The number of nitrogen functional groups attached to an aromatic ring is 1. The average molecular weight is 407 g/mol. The van der Waals surface area contributed by atoms with Crippen molar-refractivity contribution in [1.82, 2.24) is 14.9 Å². The molecule has 0 unspecified atom stereocenters. The van der Waals surface area contributed by atoms with Crippen molar-refractivity contribution in [2.75, 3.05) is 18.1 Å². The van der Waals surface area contributed by atoms with Gasteiger partial charge in [-0.3, -0.25) is 19.3 Å². The largest absolute Gasteiger partial charge is 0.384 e. The Kier molecular flexibility index (Phi) is 5.39. The first-order valence-electron chi connectivity index (χ1n) is 10.2. The van der Waals surface area contributed by atoms with Crippen LogP contribution in [0.25, 0.3) is 5.57 Å². The number of imide groups is 1. The molecule has 8 nitrogen and oxygen atoms in total. The zero-order chi connectivity index (χ0) is 21.3. The van der Waals surface area contributed by atoms with E-state index in [1.165, 1.54) is 23.7 Å². The fraction of sp³-hybridized carbons (Fsp3) is 0.364. The SMILES string of the molecule is CN1C(=O)CC(c2ccc(NC(=O)c3ncc(N)[nH]3)c(C3=CCCCC3)c2)CC1=O. The van der Waals surface area contributed by atoms with Crippen LogP contribution in [0.1, 0.15) is 66.2 Å². The number of anilines is 2. The van der Waals surface area contributed by atoms with Gasteiger partial charge in [0, 0.05) is 37.1 Å². The molecule has 30 heavy (non-hydrogen) atoms. The van der Waals surface area contributed by atoms with Gasteiger partial charge in [0.05, 0.1) is 6.20 Å². The van der Waals surface area contributed by atoms with Gasteiger partial charge in [0.1, 0.15) is 5.82 Å². The molecule has 1 aromatic heterocycles. The van der Waals surface area contributed by atoms with Crippen LogP contribution in [-0.4, -0.2) is 39.6 Å². The summed E-state index contributed by atoms with van der Waals surface area (Å²) in [5.41, 5.74) is 9.34. The highest BCUT2D eigenvalue weighted by Gasteiger charge is 2.31. The third-order valence-electron chi connectivity index (χ3n) is 5.80. The molecule has 0 saturated carbocycles. The molecule has 2 aliphatic rings. The minimum absolute atomic E-state index is 0.145. The van der Waals surface area contributed by atoms with Gasteiger partial charge in [-0.2, -0.15) is 0 Å². The standard InChI is InChI=1S/C22H25N5O3/c1-27-19(28)10-15(11-20(27)29)14-7-8-17(16(9-14)13-5-3-2-4-6-13)25-22(30)21-24-12-18(23)26-21/h5,7-9,12,15H,2-4,6,10-11,23H2,1H3,(H,24,26)(H,25,30). The number of imidazole rings is 1. The van der Waals surface area contributed by atoms with Gasteiger partial charge in [0.15, 0.2) is 5.82 Å². The van der Waals surface area contributed by atoms with Gasteiger partial charge < -0.3 is 16.0 Å². The second-order valence-corrected chi connectivity index (χ2v) is 7.87.